The molecule has 9 heteroatoms. The number of aromatic nitrogens is 2. The van der Waals surface area contributed by atoms with Crippen LogP contribution in [0.4, 0.5) is 11.5 Å². The van der Waals surface area contributed by atoms with E-state index >= 15 is 0 Å². The highest BCUT2D eigenvalue weighted by molar-refractivity contribution is 5.93. The Labute approximate surface area is 192 Å². The minimum Gasteiger partial charge on any atom is -0.494 e. The van der Waals surface area contributed by atoms with Crippen molar-refractivity contribution in [2.75, 3.05) is 37.4 Å². The monoisotopic (exact) mass is 449 g/mol. The largest absolute Gasteiger partial charge is 0.494 e. The number of hydrogen-bond acceptors (Lipinski definition) is 8. The van der Waals surface area contributed by atoms with Crippen molar-refractivity contribution in [3.63, 3.8) is 0 Å². The number of aliphatic hydroxyl groups excluding tert-OH is 1. The second-order valence-corrected chi connectivity index (χ2v) is 7.83. The molecule has 4 rings (SSSR count). The first kappa shape index (κ1) is 22.3. The van der Waals surface area contributed by atoms with Crippen LogP contribution >= 0.6 is 0 Å². The highest BCUT2D eigenvalue weighted by Gasteiger charge is 2.35. The van der Waals surface area contributed by atoms with Crippen molar-refractivity contribution in [2.45, 2.75) is 19.1 Å². The summed E-state index contributed by atoms with van der Waals surface area (Å²) in [6, 6.07) is 13.9. The number of para-hydroxylation sites is 1. The Hall–Kier alpha value is -3.85. The summed E-state index contributed by atoms with van der Waals surface area (Å²) in [5, 5.41) is 10.5. The molecule has 2 atom stereocenters. The molecule has 1 aliphatic rings. The second kappa shape index (κ2) is 9.74. The van der Waals surface area contributed by atoms with Gasteiger partial charge in [-0.2, -0.15) is 0 Å². The lowest BCUT2D eigenvalue weighted by molar-refractivity contribution is 0.0367. The van der Waals surface area contributed by atoms with Gasteiger partial charge in [0.05, 0.1) is 37.3 Å². The van der Waals surface area contributed by atoms with E-state index in [1.807, 2.05) is 35.2 Å². The SMILES string of the molecule is COc1cc(N)ncc1N1CCN(C(=O)c2ccc(Oc3ccccc3)cn2)[C@@H]([C@H](C)O)C1. The van der Waals surface area contributed by atoms with E-state index < -0.39 is 12.1 Å². The standard InChI is InChI=1S/C24H27N5O4/c1-16(30)21-15-28(20-14-27-23(25)12-22(20)32-2)10-11-29(21)24(31)19-9-8-18(13-26-19)33-17-6-4-3-5-7-17/h3-9,12-14,16,21,30H,10-11,15H2,1-2H3,(H2,25,27)/t16-,21+/m0/s1. The molecular weight excluding hydrogens is 422 g/mol. The molecular formula is C24H27N5O4. The van der Waals surface area contributed by atoms with Gasteiger partial charge in [-0.3, -0.25) is 4.79 Å². The molecule has 1 amide bonds. The second-order valence-electron chi connectivity index (χ2n) is 7.83. The Bertz CT molecular complexity index is 1090. The van der Waals surface area contributed by atoms with Crippen molar-refractivity contribution in [2.24, 2.45) is 0 Å². The quantitative estimate of drug-likeness (QED) is 0.590. The Morgan fingerprint density at radius 3 is 2.58 bits per heavy atom. The zero-order valence-electron chi connectivity index (χ0n) is 18.6. The lowest BCUT2D eigenvalue weighted by Gasteiger charge is -2.43. The van der Waals surface area contributed by atoms with E-state index in [1.54, 1.807) is 43.3 Å². The molecule has 3 N–H and O–H groups in total. The number of nitrogens with two attached hydrogens (primary N) is 1. The highest BCUT2D eigenvalue weighted by atomic mass is 16.5. The van der Waals surface area contributed by atoms with Crippen molar-refractivity contribution >= 4 is 17.4 Å². The number of anilines is 2. The molecule has 1 fully saturated rings. The molecule has 0 aliphatic carbocycles. The van der Waals surface area contributed by atoms with Crippen LogP contribution in [-0.2, 0) is 0 Å². The van der Waals surface area contributed by atoms with Gasteiger partial charge in [0.15, 0.2) is 0 Å². The summed E-state index contributed by atoms with van der Waals surface area (Å²) in [7, 11) is 1.57. The van der Waals surface area contributed by atoms with E-state index in [0.29, 0.717) is 48.4 Å². The number of amides is 1. The predicted molar refractivity (Wildman–Crippen MR) is 125 cm³/mol. The van der Waals surface area contributed by atoms with Crippen LogP contribution in [-0.4, -0.2) is 64.8 Å². The molecule has 33 heavy (non-hydrogen) atoms. The molecule has 1 aliphatic heterocycles. The number of ether oxygens (including phenoxy) is 2. The fourth-order valence-electron chi connectivity index (χ4n) is 3.88. The molecule has 0 unspecified atom stereocenters. The Kier molecular flexibility index (Phi) is 6.60. The van der Waals surface area contributed by atoms with E-state index in [4.69, 9.17) is 15.2 Å². The molecule has 0 radical (unpaired) electrons. The van der Waals surface area contributed by atoms with Gasteiger partial charge in [-0.05, 0) is 31.2 Å². The van der Waals surface area contributed by atoms with Gasteiger partial charge < -0.3 is 30.1 Å². The summed E-state index contributed by atoms with van der Waals surface area (Å²) in [6.45, 7) is 3.05. The normalized spacial score (nSPS) is 16.9. The first-order chi connectivity index (χ1) is 16.0. The fourth-order valence-corrected chi connectivity index (χ4v) is 3.88. The summed E-state index contributed by atoms with van der Waals surface area (Å²) in [5.74, 6) is 1.95. The van der Waals surface area contributed by atoms with Crippen LogP contribution in [0.5, 0.6) is 17.2 Å². The van der Waals surface area contributed by atoms with Crippen LogP contribution in [0.1, 0.15) is 17.4 Å². The summed E-state index contributed by atoms with van der Waals surface area (Å²) in [5.41, 5.74) is 6.83. The van der Waals surface area contributed by atoms with Crippen molar-refractivity contribution in [3.05, 3.63) is 66.6 Å². The van der Waals surface area contributed by atoms with Gasteiger partial charge in [0.1, 0.15) is 28.8 Å². The Balaban J connectivity index is 1.49. The lowest BCUT2D eigenvalue weighted by Crippen LogP contribution is -2.59. The van der Waals surface area contributed by atoms with Crippen molar-refractivity contribution in [1.82, 2.24) is 14.9 Å². The number of piperazine rings is 1. The molecule has 3 heterocycles. The maximum absolute atomic E-state index is 13.2. The predicted octanol–water partition coefficient (Wildman–Crippen LogP) is 2.57. The van der Waals surface area contributed by atoms with Gasteiger partial charge in [0.2, 0.25) is 0 Å². The number of hydrogen-bond donors (Lipinski definition) is 2. The maximum Gasteiger partial charge on any atom is 0.272 e. The van der Waals surface area contributed by atoms with Gasteiger partial charge >= 0.3 is 0 Å². The van der Waals surface area contributed by atoms with E-state index in [2.05, 4.69) is 9.97 Å². The first-order valence-electron chi connectivity index (χ1n) is 10.7. The summed E-state index contributed by atoms with van der Waals surface area (Å²) in [4.78, 5) is 25.4. The van der Waals surface area contributed by atoms with Crippen LogP contribution in [0.25, 0.3) is 0 Å². The van der Waals surface area contributed by atoms with E-state index in [9.17, 15) is 9.90 Å². The number of pyridine rings is 2. The summed E-state index contributed by atoms with van der Waals surface area (Å²) >= 11 is 0. The molecule has 172 valence electrons. The Morgan fingerprint density at radius 1 is 1.12 bits per heavy atom. The molecule has 1 aromatic carbocycles. The summed E-state index contributed by atoms with van der Waals surface area (Å²) in [6.07, 6.45) is 2.43. The van der Waals surface area contributed by atoms with Crippen molar-refractivity contribution in [1.29, 1.82) is 0 Å². The number of carbonyl (C=O) groups is 1. The molecule has 1 saturated heterocycles. The molecule has 0 saturated carbocycles. The molecule has 0 spiro atoms. The van der Waals surface area contributed by atoms with Crippen molar-refractivity contribution in [3.8, 4) is 17.2 Å². The number of rotatable bonds is 6. The van der Waals surface area contributed by atoms with Gasteiger partial charge in [-0.1, -0.05) is 18.2 Å². The van der Waals surface area contributed by atoms with Crippen LogP contribution in [0.2, 0.25) is 0 Å². The molecule has 9 nitrogen and oxygen atoms in total. The first-order valence-corrected chi connectivity index (χ1v) is 10.7. The zero-order valence-corrected chi connectivity index (χ0v) is 18.6. The van der Waals surface area contributed by atoms with E-state index in [-0.39, 0.29) is 5.91 Å². The lowest BCUT2D eigenvalue weighted by atomic mass is 10.1. The third kappa shape index (κ3) is 4.98. The fraction of sp³-hybridized carbons (Fsp3) is 0.292. The van der Waals surface area contributed by atoms with Gasteiger partial charge in [0, 0.05) is 25.7 Å². The minimum absolute atomic E-state index is 0.241. The number of aliphatic hydroxyl groups is 1. The number of nitrogen functional groups attached to an aromatic ring is 1. The van der Waals surface area contributed by atoms with Crippen LogP contribution in [0, 0.1) is 0 Å². The van der Waals surface area contributed by atoms with Gasteiger partial charge in [-0.15, -0.1) is 0 Å². The molecule has 2 aromatic heterocycles. The highest BCUT2D eigenvalue weighted by Crippen LogP contribution is 2.31. The zero-order chi connectivity index (χ0) is 23.4. The average molecular weight is 450 g/mol. The van der Waals surface area contributed by atoms with Crippen LogP contribution in [0.3, 0.4) is 0 Å². The third-order valence-electron chi connectivity index (χ3n) is 5.60. The maximum atomic E-state index is 13.2. The van der Waals surface area contributed by atoms with E-state index in [1.165, 1.54) is 6.20 Å². The minimum atomic E-state index is -0.745. The Morgan fingerprint density at radius 2 is 1.91 bits per heavy atom. The number of carbonyl (C=O) groups excluding carboxylic acids is 1. The van der Waals surface area contributed by atoms with Crippen LogP contribution < -0.4 is 20.1 Å². The average Bonchev–Trinajstić information content (AvgIpc) is 2.84. The third-order valence-corrected chi connectivity index (χ3v) is 5.60. The van der Waals surface area contributed by atoms with Crippen molar-refractivity contribution < 1.29 is 19.4 Å². The van der Waals surface area contributed by atoms with E-state index in [0.717, 1.165) is 5.69 Å². The smallest absolute Gasteiger partial charge is 0.272 e. The number of benzene rings is 1. The van der Waals surface area contributed by atoms with Crippen LogP contribution in [0.15, 0.2) is 60.9 Å². The summed E-state index contributed by atoms with van der Waals surface area (Å²) < 4.78 is 11.2. The van der Waals surface area contributed by atoms with Gasteiger partial charge in [-0.25, -0.2) is 9.97 Å². The van der Waals surface area contributed by atoms with Gasteiger partial charge in [0.25, 0.3) is 5.91 Å². The molecule has 0 bridgehead atoms. The topological polar surface area (TPSA) is 114 Å². The number of methoxy groups -OCH3 is 1. The number of nitrogens with zero attached hydrogens (tertiary/aromatic N) is 4. The molecule has 3 aromatic rings.